The second kappa shape index (κ2) is 9.24. The Morgan fingerprint density at radius 1 is 0.969 bits per heavy atom. The molecule has 1 aliphatic carbocycles. The Hall–Kier alpha value is -1.75. The van der Waals surface area contributed by atoms with Crippen molar-refractivity contribution in [3.63, 3.8) is 0 Å². The molecular formula is C28H39NO2Si. The number of aliphatic hydroxyl groups is 1. The maximum atomic E-state index is 10.9. The molecule has 2 aliphatic rings. The second-order valence-electron chi connectivity index (χ2n) is 10.9. The van der Waals surface area contributed by atoms with E-state index in [1.54, 1.807) is 0 Å². The SMILES string of the molecule is CC1(O)CCCCC1C1=N[C@H](CO[Si](c2ccccc2)(c2ccccc2)C(C)(C)C)CC1. The lowest BCUT2D eigenvalue weighted by molar-refractivity contribution is -0.00502. The largest absolute Gasteiger partial charge is 0.405 e. The lowest BCUT2D eigenvalue weighted by atomic mass is 9.73. The molecule has 3 atom stereocenters. The molecule has 2 aromatic carbocycles. The molecule has 0 saturated heterocycles. The van der Waals surface area contributed by atoms with Crippen molar-refractivity contribution in [3.8, 4) is 0 Å². The van der Waals surface area contributed by atoms with Gasteiger partial charge in [-0.3, -0.25) is 4.99 Å². The molecule has 3 nitrogen and oxygen atoms in total. The van der Waals surface area contributed by atoms with E-state index in [0.29, 0.717) is 6.61 Å². The molecule has 0 spiro atoms. The number of hydrogen-bond donors (Lipinski definition) is 1. The molecule has 1 fully saturated rings. The highest BCUT2D eigenvalue weighted by Gasteiger charge is 2.50. The Labute approximate surface area is 195 Å². The molecule has 172 valence electrons. The van der Waals surface area contributed by atoms with Crippen LogP contribution in [0.4, 0.5) is 0 Å². The normalized spacial score (nSPS) is 26.7. The molecule has 1 saturated carbocycles. The summed E-state index contributed by atoms with van der Waals surface area (Å²) in [6.07, 6.45) is 6.30. The maximum absolute atomic E-state index is 10.9. The monoisotopic (exact) mass is 449 g/mol. The van der Waals surface area contributed by atoms with Gasteiger partial charge >= 0.3 is 0 Å². The zero-order valence-electron chi connectivity index (χ0n) is 20.2. The van der Waals surface area contributed by atoms with Crippen molar-refractivity contribution in [2.24, 2.45) is 10.9 Å². The number of aliphatic imine (C=N–C) groups is 1. The highest BCUT2D eigenvalue weighted by Crippen LogP contribution is 2.39. The number of hydrogen-bond acceptors (Lipinski definition) is 3. The van der Waals surface area contributed by atoms with E-state index in [2.05, 4.69) is 81.4 Å². The third-order valence-electron chi connectivity index (χ3n) is 7.57. The standard InChI is InChI=1S/C28H39NO2Si/c1-27(2,3)32(23-13-7-5-8-14-23,24-15-9-6-10-16-24)31-21-22-18-19-26(29-22)25-17-11-12-20-28(25,4)30/h5-10,13-16,22,25,30H,11-12,17-21H2,1-4H3/t22-,25?,28?/m0/s1. The summed E-state index contributed by atoms with van der Waals surface area (Å²) in [6, 6.07) is 21.8. The van der Waals surface area contributed by atoms with E-state index in [0.717, 1.165) is 32.1 Å². The van der Waals surface area contributed by atoms with Crippen LogP contribution in [0.1, 0.15) is 66.2 Å². The first-order valence-corrected chi connectivity index (χ1v) is 14.2. The first kappa shape index (κ1) is 23.4. The highest BCUT2D eigenvalue weighted by molar-refractivity contribution is 6.99. The van der Waals surface area contributed by atoms with Gasteiger partial charge in [-0.05, 0) is 48.0 Å². The van der Waals surface area contributed by atoms with Crippen molar-refractivity contribution in [1.29, 1.82) is 0 Å². The van der Waals surface area contributed by atoms with Gasteiger partial charge in [-0.15, -0.1) is 0 Å². The fourth-order valence-electron chi connectivity index (χ4n) is 5.89. The van der Waals surface area contributed by atoms with Gasteiger partial charge in [0.15, 0.2) is 0 Å². The molecule has 0 radical (unpaired) electrons. The van der Waals surface area contributed by atoms with Gasteiger partial charge in [-0.25, -0.2) is 0 Å². The van der Waals surface area contributed by atoms with Crippen LogP contribution in [0.2, 0.25) is 5.04 Å². The third-order valence-corrected chi connectivity index (χ3v) is 12.6. The smallest absolute Gasteiger partial charge is 0.261 e. The molecule has 4 heteroatoms. The van der Waals surface area contributed by atoms with Crippen molar-refractivity contribution >= 4 is 24.4 Å². The maximum Gasteiger partial charge on any atom is 0.261 e. The Bertz CT molecular complexity index is 878. The third kappa shape index (κ3) is 4.50. The molecule has 0 aromatic heterocycles. The predicted octanol–water partition coefficient (Wildman–Crippen LogP) is 5.11. The van der Waals surface area contributed by atoms with Crippen molar-refractivity contribution in [1.82, 2.24) is 0 Å². The Balaban J connectivity index is 1.62. The Morgan fingerprint density at radius 2 is 1.56 bits per heavy atom. The van der Waals surface area contributed by atoms with E-state index in [1.807, 2.05) is 6.92 Å². The lowest BCUT2D eigenvalue weighted by Crippen LogP contribution is -2.67. The summed E-state index contributed by atoms with van der Waals surface area (Å²) in [6.45, 7) is 9.61. The molecule has 4 rings (SSSR count). The summed E-state index contributed by atoms with van der Waals surface area (Å²) < 4.78 is 7.11. The summed E-state index contributed by atoms with van der Waals surface area (Å²) in [5.41, 5.74) is 0.621. The molecule has 32 heavy (non-hydrogen) atoms. The van der Waals surface area contributed by atoms with Crippen LogP contribution in [-0.2, 0) is 4.43 Å². The summed E-state index contributed by atoms with van der Waals surface area (Å²) >= 11 is 0. The minimum absolute atomic E-state index is 0.0199. The van der Waals surface area contributed by atoms with Gasteiger partial charge in [0.05, 0.1) is 18.2 Å². The van der Waals surface area contributed by atoms with E-state index in [4.69, 9.17) is 9.42 Å². The van der Waals surface area contributed by atoms with Crippen molar-refractivity contribution < 1.29 is 9.53 Å². The summed E-state index contributed by atoms with van der Waals surface area (Å²) in [5.74, 6) is 0.217. The van der Waals surface area contributed by atoms with Gasteiger partial charge in [0, 0.05) is 11.6 Å². The van der Waals surface area contributed by atoms with Crippen molar-refractivity contribution in [2.75, 3.05) is 6.61 Å². The highest BCUT2D eigenvalue weighted by atomic mass is 28.4. The molecule has 0 amide bonds. The zero-order valence-corrected chi connectivity index (χ0v) is 21.2. The van der Waals surface area contributed by atoms with Crippen LogP contribution in [0.5, 0.6) is 0 Å². The molecule has 2 unspecified atom stereocenters. The van der Waals surface area contributed by atoms with E-state index >= 15 is 0 Å². The summed E-state index contributed by atoms with van der Waals surface area (Å²) in [7, 11) is -2.53. The topological polar surface area (TPSA) is 41.8 Å². The van der Waals surface area contributed by atoms with E-state index in [9.17, 15) is 5.11 Å². The fourth-order valence-corrected chi connectivity index (χ4v) is 10.5. The first-order chi connectivity index (χ1) is 15.2. The Kier molecular flexibility index (Phi) is 6.76. The van der Waals surface area contributed by atoms with E-state index in [1.165, 1.54) is 22.5 Å². The summed E-state index contributed by atoms with van der Waals surface area (Å²) in [4.78, 5) is 5.13. The average Bonchev–Trinajstić information content (AvgIpc) is 3.23. The number of nitrogens with zero attached hydrogens (tertiary/aromatic N) is 1. The zero-order chi connectivity index (χ0) is 22.8. The molecule has 1 aliphatic heterocycles. The van der Waals surface area contributed by atoms with Gasteiger partial charge in [-0.2, -0.15) is 0 Å². The lowest BCUT2D eigenvalue weighted by Gasteiger charge is -2.43. The molecule has 0 bridgehead atoms. The predicted molar refractivity (Wildman–Crippen MR) is 137 cm³/mol. The number of benzene rings is 2. The fraction of sp³-hybridized carbons (Fsp3) is 0.536. The van der Waals surface area contributed by atoms with Crippen LogP contribution in [0.3, 0.4) is 0 Å². The van der Waals surface area contributed by atoms with E-state index < -0.39 is 13.9 Å². The van der Waals surface area contributed by atoms with Crippen LogP contribution >= 0.6 is 0 Å². The minimum Gasteiger partial charge on any atom is -0.405 e. The van der Waals surface area contributed by atoms with Crippen LogP contribution in [0.15, 0.2) is 65.7 Å². The average molecular weight is 450 g/mol. The van der Waals surface area contributed by atoms with Gasteiger partial charge in [0.25, 0.3) is 8.32 Å². The van der Waals surface area contributed by atoms with Crippen LogP contribution < -0.4 is 10.4 Å². The van der Waals surface area contributed by atoms with Crippen LogP contribution in [0, 0.1) is 5.92 Å². The molecule has 1 heterocycles. The molecule has 2 aromatic rings. The van der Waals surface area contributed by atoms with Gasteiger partial charge < -0.3 is 9.53 Å². The first-order valence-electron chi connectivity index (χ1n) is 12.3. The van der Waals surface area contributed by atoms with Crippen molar-refractivity contribution in [2.45, 2.75) is 82.9 Å². The molecule has 1 N–H and O–H groups in total. The quantitative estimate of drug-likeness (QED) is 0.623. The summed E-state index contributed by atoms with van der Waals surface area (Å²) in [5, 5.41) is 13.6. The van der Waals surface area contributed by atoms with Crippen LogP contribution in [-0.4, -0.2) is 37.4 Å². The minimum atomic E-state index is -2.53. The van der Waals surface area contributed by atoms with Gasteiger partial charge in [-0.1, -0.05) is 94.3 Å². The Morgan fingerprint density at radius 3 is 2.09 bits per heavy atom. The second-order valence-corrected chi connectivity index (χ2v) is 15.2. The van der Waals surface area contributed by atoms with E-state index in [-0.39, 0.29) is 17.0 Å². The van der Waals surface area contributed by atoms with Gasteiger partial charge in [0.1, 0.15) is 0 Å². The number of rotatable bonds is 6. The van der Waals surface area contributed by atoms with Crippen LogP contribution in [0.25, 0.3) is 0 Å². The van der Waals surface area contributed by atoms with Crippen molar-refractivity contribution in [3.05, 3.63) is 60.7 Å². The molecular weight excluding hydrogens is 410 g/mol. The van der Waals surface area contributed by atoms with Gasteiger partial charge in [0.2, 0.25) is 0 Å².